The molecule has 0 atom stereocenters. The molecular weight excluding hydrogens is 681 g/mol. The molecule has 3 aromatic heterocycles. The summed E-state index contributed by atoms with van der Waals surface area (Å²) in [5.41, 5.74) is 11.7. The third-order valence-electron chi connectivity index (χ3n) is 11.6. The summed E-state index contributed by atoms with van der Waals surface area (Å²) in [6, 6.07) is 69.6. The summed E-state index contributed by atoms with van der Waals surface area (Å²) in [6.45, 7) is 0. The maximum Gasteiger partial charge on any atom is 0.143 e. The van der Waals surface area contributed by atoms with Gasteiger partial charge in [-0.05, 0) is 87.3 Å². The molecule has 3 heterocycles. The molecule has 0 saturated heterocycles. The second-order valence-corrected chi connectivity index (χ2v) is 14.7. The van der Waals surface area contributed by atoms with Crippen molar-refractivity contribution in [3.63, 3.8) is 0 Å². The van der Waals surface area contributed by atoms with E-state index in [4.69, 9.17) is 9.40 Å². The lowest BCUT2D eigenvalue weighted by Gasteiger charge is -2.14. The van der Waals surface area contributed by atoms with Gasteiger partial charge in [-0.25, -0.2) is 4.98 Å². The number of aromatic nitrogens is 2. The van der Waals surface area contributed by atoms with Crippen molar-refractivity contribution >= 4 is 76.1 Å². The van der Waals surface area contributed by atoms with E-state index in [2.05, 4.69) is 199 Å². The largest absolute Gasteiger partial charge is 0.455 e. The molecule has 12 aromatic rings. The maximum absolute atomic E-state index is 6.70. The standard InChI is InChI=1S/C53H32N2O/c1-2-12-33(13-3-1)36-17-10-18-38(30-36)55-48-23-9-8-21-41(48)45-31-37(25-28-49(45)55)47-32-46-43(52(54-47)42-22-11-16-34-14-4-6-19-39(34)42)27-29-50-51(46)44-26-24-35-15-5-7-20-40(35)53(44)56-50/h1-32H. The number of nitrogens with zero attached hydrogens (tertiary/aromatic N) is 2. The highest BCUT2D eigenvalue weighted by Crippen LogP contribution is 2.43. The van der Waals surface area contributed by atoms with Crippen LogP contribution in [0, 0.1) is 0 Å². The molecule has 3 heteroatoms. The Kier molecular flexibility index (Phi) is 6.63. The molecule has 12 rings (SSSR count). The smallest absolute Gasteiger partial charge is 0.143 e. The summed E-state index contributed by atoms with van der Waals surface area (Å²) in [5.74, 6) is 0. The molecule has 0 N–H and O–H groups in total. The molecule has 0 aliphatic heterocycles. The predicted octanol–water partition coefficient (Wildman–Crippen LogP) is 14.5. The van der Waals surface area contributed by atoms with Crippen LogP contribution in [-0.2, 0) is 0 Å². The molecule has 0 aliphatic rings. The summed E-state index contributed by atoms with van der Waals surface area (Å²) in [6.07, 6.45) is 0. The quantitative estimate of drug-likeness (QED) is 0.182. The number of pyridine rings is 1. The number of para-hydroxylation sites is 1. The summed E-state index contributed by atoms with van der Waals surface area (Å²) in [4.78, 5) is 5.57. The van der Waals surface area contributed by atoms with Crippen LogP contribution >= 0.6 is 0 Å². The Balaban J connectivity index is 1.13. The topological polar surface area (TPSA) is 31.0 Å². The third-order valence-corrected chi connectivity index (χ3v) is 11.6. The van der Waals surface area contributed by atoms with Crippen molar-refractivity contribution < 1.29 is 4.42 Å². The van der Waals surface area contributed by atoms with Crippen LogP contribution in [0.5, 0.6) is 0 Å². The van der Waals surface area contributed by atoms with E-state index in [1.807, 2.05) is 0 Å². The second-order valence-electron chi connectivity index (χ2n) is 14.7. The van der Waals surface area contributed by atoms with E-state index in [0.717, 1.165) is 71.8 Å². The monoisotopic (exact) mass is 712 g/mol. The number of furan rings is 1. The first kappa shape index (κ1) is 30.9. The number of hydrogen-bond donors (Lipinski definition) is 0. The summed E-state index contributed by atoms with van der Waals surface area (Å²) >= 11 is 0. The molecule has 0 saturated carbocycles. The number of benzene rings is 9. The SMILES string of the molecule is c1ccc(-c2cccc(-n3c4ccccc4c4cc(-c5cc6c(ccc7oc8c9ccccc9ccc8c76)c(-c6cccc7ccccc67)n5)ccc43)c2)cc1. The van der Waals surface area contributed by atoms with Gasteiger partial charge in [0.15, 0.2) is 0 Å². The van der Waals surface area contributed by atoms with Crippen molar-refractivity contribution in [2.45, 2.75) is 0 Å². The molecule has 0 unspecified atom stereocenters. The molecule has 0 amide bonds. The van der Waals surface area contributed by atoms with Crippen molar-refractivity contribution in [2.24, 2.45) is 0 Å². The summed E-state index contributed by atoms with van der Waals surface area (Å²) in [7, 11) is 0. The first-order valence-corrected chi connectivity index (χ1v) is 19.1. The van der Waals surface area contributed by atoms with Crippen molar-refractivity contribution in [3.05, 3.63) is 194 Å². The van der Waals surface area contributed by atoms with Crippen LogP contribution in [0.25, 0.3) is 115 Å². The van der Waals surface area contributed by atoms with Gasteiger partial charge in [0.2, 0.25) is 0 Å². The molecule has 3 nitrogen and oxygen atoms in total. The van der Waals surface area contributed by atoms with E-state index in [1.54, 1.807) is 0 Å². The molecule has 0 radical (unpaired) electrons. The van der Waals surface area contributed by atoms with Crippen LogP contribution in [-0.4, -0.2) is 9.55 Å². The van der Waals surface area contributed by atoms with Crippen molar-refractivity contribution in [2.75, 3.05) is 0 Å². The molecular formula is C53H32N2O. The predicted molar refractivity (Wildman–Crippen MR) is 235 cm³/mol. The van der Waals surface area contributed by atoms with Crippen LogP contribution in [0.2, 0.25) is 0 Å². The van der Waals surface area contributed by atoms with Gasteiger partial charge in [-0.3, -0.25) is 0 Å². The highest BCUT2D eigenvalue weighted by Gasteiger charge is 2.20. The van der Waals surface area contributed by atoms with E-state index >= 15 is 0 Å². The minimum atomic E-state index is 0.876. The number of fused-ring (bicyclic) bond motifs is 11. The Hall–Kier alpha value is -7.49. The third kappa shape index (κ3) is 4.61. The number of rotatable bonds is 4. The van der Waals surface area contributed by atoms with Gasteiger partial charge in [-0.2, -0.15) is 0 Å². The molecule has 0 spiro atoms. The lowest BCUT2D eigenvalue weighted by atomic mass is 9.94. The highest BCUT2D eigenvalue weighted by molar-refractivity contribution is 6.25. The van der Waals surface area contributed by atoms with Crippen LogP contribution in [0.1, 0.15) is 0 Å². The van der Waals surface area contributed by atoms with E-state index in [0.29, 0.717) is 0 Å². The van der Waals surface area contributed by atoms with Gasteiger partial charge < -0.3 is 8.98 Å². The Bertz CT molecular complexity index is 3530. The van der Waals surface area contributed by atoms with Crippen LogP contribution < -0.4 is 0 Å². The van der Waals surface area contributed by atoms with Crippen LogP contribution in [0.4, 0.5) is 0 Å². The molecule has 0 aliphatic carbocycles. The van der Waals surface area contributed by atoms with Crippen molar-refractivity contribution in [1.29, 1.82) is 0 Å². The minimum absolute atomic E-state index is 0.876. The van der Waals surface area contributed by atoms with Gasteiger partial charge >= 0.3 is 0 Å². The zero-order valence-corrected chi connectivity index (χ0v) is 30.3. The lowest BCUT2D eigenvalue weighted by Crippen LogP contribution is -1.95. The molecule has 0 bridgehead atoms. The van der Waals surface area contributed by atoms with Gasteiger partial charge in [-0.15, -0.1) is 0 Å². The minimum Gasteiger partial charge on any atom is -0.455 e. The molecule has 260 valence electrons. The van der Waals surface area contributed by atoms with Crippen molar-refractivity contribution in [1.82, 2.24) is 9.55 Å². The average molecular weight is 713 g/mol. The normalized spacial score (nSPS) is 11.9. The fraction of sp³-hybridized carbons (Fsp3) is 0. The van der Waals surface area contributed by atoms with Gasteiger partial charge in [0.05, 0.1) is 22.4 Å². The van der Waals surface area contributed by atoms with Gasteiger partial charge in [0.1, 0.15) is 11.2 Å². The van der Waals surface area contributed by atoms with E-state index in [9.17, 15) is 0 Å². The van der Waals surface area contributed by atoms with Gasteiger partial charge in [0, 0.05) is 49.1 Å². The molecule has 9 aromatic carbocycles. The zero-order valence-electron chi connectivity index (χ0n) is 30.3. The lowest BCUT2D eigenvalue weighted by molar-refractivity contribution is 0.673. The molecule has 56 heavy (non-hydrogen) atoms. The fourth-order valence-corrected chi connectivity index (χ4v) is 8.98. The Morgan fingerprint density at radius 2 is 1.09 bits per heavy atom. The fourth-order valence-electron chi connectivity index (χ4n) is 8.98. The zero-order chi connectivity index (χ0) is 36.7. The van der Waals surface area contributed by atoms with Gasteiger partial charge in [0.25, 0.3) is 0 Å². The first-order chi connectivity index (χ1) is 27.8. The van der Waals surface area contributed by atoms with E-state index in [1.165, 1.54) is 43.6 Å². The highest BCUT2D eigenvalue weighted by atomic mass is 16.3. The summed E-state index contributed by atoms with van der Waals surface area (Å²) < 4.78 is 9.09. The van der Waals surface area contributed by atoms with Crippen LogP contribution in [0.3, 0.4) is 0 Å². The number of hydrogen-bond acceptors (Lipinski definition) is 2. The Labute approximate surface area is 322 Å². The van der Waals surface area contributed by atoms with Crippen LogP contribution in [0.15, 0.2) is 199 Å². The Morgan fingerprint density at radius 1 is 0.393 bits per heavy atom. The van der Waals surface area contributed by atoms with Crippen molar-refractivity contribution in [3.8, 4) is 39.3 Å². The van der Waals surface area contributed by atoms with Gasteiger partial charge in [-0.1, -0.05) is 140 Å². The molecule has 0 fully saturated rings. The van der Waals surface area contributed by atoms with E-state index in [-0.39, 0.29) is 0 Å². The Morgan fingerprint density at radius 3 is 1.98 bits per heavy atom. The van der Waals surface area contributed by atoms with E-state index < -0.39 is 0 Å². The second kappa shape index (κ2) is 12.0. The maximum atomic E-state index is 6.70. The average Bonchev–Trinajstić information content (AvgIpc) is 3.82. The summed E-state index contributed by atoms with van der Waals surface area (Å²) in [5, 5.41) is 11.5. The first-order valence-electron chi connectivity index (χ1n) is 19.1.